The Bertz CT molecular complexity index is 806. The van der Waals surface area contributed by atoms with Crippen molar-refractivity contribution in [1.29, 1.82) is 0 Å². The summed E-state index contributed by atoms with van der Waals surface area (Å²) < 4.78 is 18.8. The number of carbonyl (C=O) groups is 2. The van der Waals surface area contributed by atoms with Crippen LogP contribution < -0.4 is 21.1 Å². The molecule has 2 aromatic carbocycles. The molecule has 0 bridgehead atoms. The van der Waals surface area contributed by atoms with E-state index in [1.54, 1.807) is 13.2 Å². The number of hydrogen-bond acceptors (Lipinski definition) is 3. The van der Waals surface area contributed by atoms with Crippen LogP contribution in [0.15, 0.2) is 42.5 Å². The van der Waals surface area contributed by atoms with Gasteiger partial charge in [0.2, 0.25) is 0 Å². The number of urea groups is 1. The Balaban J connectivity index is 2.17. The molecule has 0 unspecified atom stereocenters. The molecule has 25 heavy (non-hydrogen) atoms. The molecule has 3 amide bonds. The zero-order valence-electron chi connectivity index (χ0n) is 14.2. The number of ether oxygens (including phenoxy) is 1. The maximum atomic E-state index is 13.5. The van der Waals surface area contributed by atoms with E-state index in [0.29, 0.717) is 5.75 Å². The van der Waals surface area contributed by atoms with Gasteiger partial charge < -0.3 is 21.1 Å². The molecule has 0 aliphatic heterocycles. The molecule has 0 aliphatic rings. The van der Waals surface area contributed by atoms with Gasteiger partial charge in [0.15, 0.2) is 0 Å². The summed E-state index contributed by atoms with van der Waals surface area (Å²) in [6.07, 6.45) is 0. The molecular weight excluding hydrogens is 325 g/mol. The number of halogens is 1. The van der Waals surface area contributed by atoms with Crippen LogP contribution in [0.2, 0.25) is 0 Å². The number of carbonyl (C=O) groups excluding carboxylic acids is 2. The molecule has 0 spiro atoms. The fraction of sp³-hybridized carbons (Fsp3) is 0.222. The Kier molecular flexibility index (Phi) is 5.26. The lowest BCUT2D eigenvalue weighted by molar-refractivity contribution is 0.0996. The molecule has 2 rings (SSSR count). The van der Waals surface area contributed by atoms with Crippen LogP contribution in [0.25, 0.3) is 0 Å². The molecule has 0 atom stereocenters. The largest absolute Gasteiger partial charge is 0.496 e. The van der Waals surface area contributed by atoms with E-state index in [4.69, 9.17) is 10.5 Å². The summed E-state index contributed by atoms with van der Waals surface area (Å²) in [5, 5.41) is 5.38. The monoisotopic (exact) mass is 345 g/mol. The van der Waals surface area contributed by atoms with Crippen LogP contribution in [0.3, 0.4) is 0 Å². The molecule has 0 fully saturated rings. The number of nitrogens with two attached hydrogens (primary N) is 1. The van der Waals surface area contributed by atoms with Gasteiger partial charge in [0.1, 0.15) is 11.6 Å². The molecule has 0 saturated carbocycles. The van der Waals surface area contributed by atoms with Crippen LogP contribution in [0.4, 0.5) is 14.9 Å². The van der Waals surface area contributed by atoms with E-state index in [0.717, 1.165) is 11.6 Å². The van der Waals surface area contributed by atoms with Crippen molar-refractivity contribution in [2.75, 3.05) is 12.4 Å². The molecule has 132 valence electrons. The number of rotatable bonds is 5. The molecule has 0 heterocycles. The normalized spacial score (nSPS) is 10.9. The van der Waals surface area contributed by atoms with Gasteiger partial charge >= 0.3 is 6.03 Å². The maximum Gasteiger partial charge on any atom is 0.319 e. The van der Waals surface area contributed by atoms with Crippen molar-refractivity contribution >= 4 is 17.6 Å². The van der Waals surface area contributed by atoms with Gasteiger partial charge in [-0.2, -0.15) is 0 Å². The minimum absolute atomic E-state index is 0.253. The second-order valence-electron chi connectivity index (χ2n) is 5.96. The minimum Gasteiger partial charge on any atom is -0.496 e. The van der Waals surface area contributed by atoms with E-state index in [9.17, 15) is 14.0 Å². The second-order valence-corrected chi connectivity index (χ2v) is 5.96. The van der Waals surface area contributed by atoms with Crippen molar-refractivity contribution in [2.45, 2.75) is 19.4 Å². The van der Waals surface area contributed by atoms with E-state index in [2.05, 4.69) is 10.6 Å². The molecule has 0 aromatic heterocycles. The molecule has 4 N–H and O–H groups in total. The van der Waals surface area contributed by atoms with Crippen LogP contribution in [0.5, 0.6) is 5.75 Å². The van der Waals surface area contributed by atoms with E-state index in [1.807, 2.05) is 32.0 Å². The van der Waals surface area contributed by atoms with Crippen molar-refractivity contribution in [3.8, 4) is 5.75 Å². The zero-order chi connectivity index (χ0) is 18.6. The van der Waals surface area contributed by atoms with Crippen molar-refractivity contribution in [1.82, 2.24) is 5.32 Å². The average molecular weight is 345 g/mol. The smallest absolute Gasteiger partial charge is 0.319 e. The summed E-state index contributed by atoms with van der Waals surface area (Å²) in [4.78, 5) is 23.5. The number of para-hydroxylation sites is 1. The fourth-order valence-electron chi connectivity index (χ4n) is 2.47. The highest BCUT2D eigenvalue weighted by Crippen LogP contribution is 2.29. The molecular formula is C18H20FN3O3. The second kappa shape index (κ2) is 7.21. The van der Waals surface area contributed by atoms with Gasteiger partial charge in [-0.15, -0.1) is 0 Å². The van der Waals surface area contributed by atoms with Gasteiger partial charge in [-0.3, -0.25) is 4.79 Å². The quantitative estimate of drug-likeness (QED) is 0.777. The summed E-state index contributed by atoms with van der Waals surface area (Å²) in [5.74, 6) is -1.01. The SMILES string of the molecule is COc1ccccc1C(C)(C)NC(=O)Nc1ccc(F)c(C(N)=O)c1. The molecule has 0 aliphatic carbocycles. The van der Waals surface area contributed by atoms with E-state index < -0.39 is 23.3 Å². The molecule has 6 nitrogen and oxygen atoms in total. The first-order valence-electron chi connectivity index (χ1n) is 7.56. The van der Waals surface area contributed by atoms with Crippen molar-refractivity contribution in [2.24, 2.45) is 5.73 Å². The Hall–Kier alpha value is -3.09. The molecule has 7 heteroatoms. The summed E-state index contributed by atoms with van der Waals surface area (Å²) in [6.45, 7) is 3.65. The third-order valence-corrected chi connectivity index (χ3v) is 3.70. The van der Waals surface area contributed by atoms with Crippen LogP contribution in [-0.4, -0.2) is 19.0 Å². The van der Waals surface area contributed by atoms with Gasteiger partial charge in [0.05, 0.1) is 18.2 Å². The Labute approximate surface area is 145 Å². The first-order chi connectivity index (χ1) is 11.7. The highest BCUT2D eigenvalue weighted by atomic mass is 19.1. The topological polar surface area (TPSA) is 93.4 Å². The predicted molar refractivity (Wildman–Crippen MR) is 93.1 cm³/mol. The number of amides is 3. The van der Waals surface area contributed by atoms with Gasteiger partial charge in [0.25, 0.3) is 5.91 Å². The number of benzene rings is 2. The summed E-state index contributed by atoms with van der Waals surface area (Å²) >= 11 is 0. The molecule has 0 radical (unpaired) electrons. The first kappa shape index (κ1) is 18.3. The Morgan fingerprint density at radius 1 is 1.16 bits per heavy atom. The summed E-state index contributed by atoms with van der Waals surface area (Å²) in [5.41, 5.74) is 5.13. The maximum absolute atomic E-state index is 13.5. The lowest BCUT2D eigenvalue weighted by Crippen LogP contribution is -2.43. The van der Waals surface area contributed by atoms with Crippen molar-refractivity contribution in [3.05, 3.63) is 59.4 Å². The van der Waals surface area contributed by atoms with Gasteiger partial charge in [-0.05, 0) is 38.1 Å². The highest BCUT2D eigenvalue weighted by molar-refractivity contribution is 5.96. The number of anilines is 1. The Morgan fingerprint density at radius 3 is 2.48 bits per heavy atom. The van der Waals surface area contributed by atoms with Crippen LogP contribution in [0.1, 0.15) is 29.8 Å². The van der Waals surface area contributed by atoms with Crippen molar-refractivity contribution < 1.29 is 18.7 Å². The number of primary amides is 1. The third kappa shape index (κ3) is 4.26. The zero-order valence-corrected chi connectivity index (χ0v) is 14.2. The highest BCUT2D eigenvalue weighted by Gasteiger charge is 2.26. The summed E-state index contributed by atoms with van der Waals surface area (Å²) in [6, 6.07) is 10.4. The van der Waals surface area contributed by atoms with E-state index >= 15 is 0 Å². The number of methoxy groups -OCH3 is 1. The molecule has 2 aromatic rings. The van der Waals surface area contributed by atoms with Gasteiger partial charge in [-0.25, -0.2) is 9.18 Å². The van der Waals surface area contributed by atoms with Crippen LogP contribution in [-0.2, 0) is 5.54 Å². The average Bonchev–Trinajstić information content (AvgIpc) is 2.55. The Morgan fingerprint density at radius 2 is 1.84 bits per heavy atom. The third-order valence-electron chi connectivity index (χ3n) is 3.70. The van der Waals surface area contributed by atoms with Crippen LogP contribution in [0, 0.1) is 5.82 Å². The van der Waals surface area contributed by atoms with Gasteiger partial charge in [0, 0.05) is 11.3 Å². The minimum atomic E-state index is -0.907. The van der Waals surface area contributed by atoms with Crippen molar-refractivity contribution in [3.63, 3.8) is 0 Å². The van der Waals surface area contributed by atoms with E-state index in [1.165, 1.54) is 12.1 Å². The lowest BCUT2D eigenvalue weighted by Gasteiger charge is -2.28. The number of nitrogens with one attached hydrogen (secondary N) is 2. The van der Waals surface area contributed by atoms with E-state index in [-0.39, 0.29) is 11.3 Å². The lowest BCUT2D eigenvalue weighted by atomic mass is 9.93. The molecule has 0 saturated heterocycles. The van der Waals surface area contributed by atoms with Gasteiger partial charge in [-0.1, -0.05) is 18.2 Å². The predicted octanol–water partition coefficient (Wildman–Crippen LogP) is 2.99. The fourth-order valence-corrected chi connectivity index (χ4v) is 2.47. The first-order valence-corrected chi connectivity index (χ1v) is 7.56. The summed E-state index contributed by atoms with van der Waals surface area (Å²) in [7, 11) is 1.55. The van der Waals surface area contributed by atoms with Crippen LogP contribution >= 0.6 is 0 Å². The standard InChI is InChI=1S/C18H20FN3O3/c1-18(2,13-6-4-5-7-15(13)25-3)22-17(24)21-11-8-9-14(19)12(10-11)16(20)23/h4-10H,1-3H3,(H2,20,23)(H2,21,22,24). The number of hydrogen-bond donors (Lipinski definition) is 3.